The van der Waals surface area contributed by atoms with Crippen LogP contribution in [0, 0.1) is 5.92 Å². The normalized spacial score (nSPS) is 15.6. The number of rotatable bonds is 9. The lowest BCUT2D eigenvalue weighted by molar-refractivity contribution is -0.163. The van der Waals surface area contributed by atoms with Gasteiger partial charge < -0.3 is 14.6 Å². The first-order valence-electron chi connectivity index (χ1n) is 7.61. The first kappa shape index (κ1) is 17.6. The molecule has 1 aliphatic rings. The Kier molecular flexibility index (Phi) is 8.66. The van der Waals surface area contributed by atoms with E-state index in [1.54, 1.807) is 0 Å². The van der Waals surface area contributed by atoms with E-state index in [4.69, 9.17) is 9.84 Å². The van der Waals surface area contributed by atoms with Gasteiger partial charge in [0.2, 0.25) is 0 Å². The maximum absolute atomic E-state index is 11.4. The molecule has 1 rings (SSSR count). The van der Waals surface area contributed by atoms with Crippen LogP contribution in [0.4, 0.5) is 0 Å². The number of carbonyl (C=O) groups is 3. The van der Waals surface area contributed by atoms with E-state index in [0.29, 0.717) is 25.4 Å². The standard InChI is InChI=1S/C15H24O6/c16-13(17)8-4-5-9-14(18)21-15(19)11-20-10-12-6-2-1-3-7-12/h12H,1-11H2,(H,16,17). The van der Waals surface area contributed by atoms with E-state index in [9.17, 15) is 14.4 Å². The van der Waals surface area contributed by atoms with E-state index < -0.39 is 17.9 Å². The molecular weight excluding hydrogens is 276 g/mol. The lowest BCUT2D eigenvalue weighted by Gasteiger charge is -2.20. The van der Waals surface area contributed by atoms with Crippen LogP contribution < -0.4 is 0 Å². The molecule has 0 radical (unpaired) electrons. The van der Waals surface area contributed by atoms with Crippen LogP contribution in [-0.4, -0.2) is 36.2 Å². The highest BCUT2D eigenvalue weighted by Gasteiger charge is 2.15. The third-order valence-corrected chi connectivity index (χ3v) is 3.55. The third kappa shape index (κ3) is 9.18. The highest BCUT2D eigenvalue weighted by molar-refractivity contribution is 5.86. The van der Waals surface area contributed by atoms with E-state index in [0.717, 1.165) is 12.8 Å². The van der Waals surface area contributed by atoms with Gasteiger partial charge >= 0.3 is 17.9 Å². The van der Waals surface area contributed by atoms with Gasteiger partial charge in [-0.3, -0.25) is 9.59 Å². The summed E-state index contributed by atoms with van der Waals surface area (Å²) in [5.74, 6) is -1.67. The number of carbonyl (C=O) groups excluding carboxylic acids is 2. The SMILES string of the molecule is O=C(O)CCCCC(=O)OC(=O)COCC1CCCCC1. The Morgan fingerprint density at radius 1 is 0.952 bits per heavy atom. The van der Waals surface area contributed by atoms with Crippen LogP contribution in [0.3, 0.4) is 0 Å². The van der Waals surface area contributed by atoms with Crippen molar-refractivity contribution in [2.75, 3.05) is 13.2 Å². The molecule has 6 nitrogen and oxygen atoms in total. The van der Waals surface area contributed by atoms with Gasteiger partial charge in [0, 0.05) is 12.8 Å². The second kappa shape index (κ2) is 10.3. The van der Waals surface area contributed by atoms with Gasteiger partial charge in [-0.2, -0.15) is 0 Å². The van der Waals surface area contributed by atoms with Crippen molar-refractivity contribution in [2.24, 2.45) is 5.92 Å². The van der Waals surface area contributed by atoms with Gasteiger partial charge in [0.25, 0.3) is 0 Å². The van der Waals surface area contributed by atoms with Gasteiger partial charge in [0.05, 0.1) is 6.61 Å². The molecule has 0 aromatic heterocycles. The predicted octanol–water partition coefficient (Wildman–Crippen LogP) is 2.30. The van der Waals surface area contributed by atoms with E-state index in [1.165, 1.54) is 19.3 Å². The maximum atomic E-state index is 11.4. The maximum Gasteiger partial charge on any atom is 0.339 e. The summed E-state index contributed by atoms with van der Waals surface area (Å²) in [6, 6.07) is 0. The van der Waals surface area contributed by atoms with E-state index in [1.807, 2.05) is 0 Å². The van der Waals surface area contributed by atoms with Gasteiger partial charge in [-0.25, -0.2) is 4.79 Å². The van der Waals surface area contributed by atoms with Crippen molar-refractivity contribution in [1.82, 2.24) is 0 Å². The topological polar surface area (TPSA) is 89.9 Å². The number of hydrogen-bond acceptors (Lipinski definition) is 5. The summed E-state index contributed by atoms with van der Waals surface area (Å²) >= 11 is 0. The van der Waals surface area contributed by atoms with E-state index in [-0.39, 0.29) is 19.4 Å². The van der Waals surface area contributed by atoms with E-state index >= 15 is 0 Å². The molecule has 0 saturated heterocycles. The number of carboxylic acids is 1. The lowest BCUT2D eigenvalue weighted by atomic mass is 9.90. The van der Waals surface area contributed by atoms with Crippen LogP contribution in [0.5, 0.6) is 0 Å². The zero-order valence-electron chi connectivity index (χ0n) is 12.3. The summed E-state index contributed by atoms with van der Waals surface area (Å²) in [6.07, 6.45) is 6.86. The average Bonchev–Trinajstić information content (AvgIpc) is 2.44. The first-order chi connectivity index (χ1) is 10.1. The molecule has 0 spiro atoms. The highest BCUT2D eigenvalue weighted by Crippen LogP contribution is 2.23. The molecule has 1 saturated carbocycles. The van der Waals surface area contributed by atoms with Gasteiger partial charge in [0.15, 0.2) is 0 Å². The van der Waals surface area contributed by atoms with Crippen molar-refractivity contribution >= 4 is 17.9 Å². The molecule has 0 amide bonds. The lowest BCUT2D eigenvalue weighted by Crippen LogP contribution is -2.20. The van der Waals surface area contributed by atoms with Crippen molar-refractivity contribution in [2.45, 2.75) is 57.8 Å². The average molecular weight is 300 g/mol. The fourth-order valence-corrected chi connectivity index (χ4v) is 2.42. The summed E-state index contributed by atoms with van der Waals surface area (Å²) in [4.78, 5) is 33.0. The molecule has 1 fully saturated rings. The molecule has 1 aliphatic carbocycles. The number of unbranched alkanes of at least 4 members (excludes halogenated alkanes) is 1. The quantitative estimate of drug-likeness (QED) is 0.399. The summed E-state index contributed by atoms with van der Waals surface area (Å²) in [6.45, 7) is 0.346. The van der Waals surface area contributed by atoms with Crippen LogP contribution in [-0.2, 0) is 23.9 Å². The Balaban J connectivity index is 2.01. The minimum atomic E-state index is -0.893. The largest absolute Gasteiger partial charge is 0.481 e. The Bertz CT molecular complexity index is 346. The number of hydrogen-bond donors (Lipinski definition) is 1. The fraction of sp³-hybridized carbons (Fsp3) is 0.800. The molecule has 21 heavy (non-hydrogen) atoms. The zero-order chi connectivity index (χ0) is 15.5. The number of ether oxygens (including phenoxy) is 2. The summed E-state index contributed by atoms with van der Waals surface area (Å²) in [5.41, 5.74) is 0. The van der Waals surface area contributed by atoms with Crippen LogP contribution in [0.2, 0.25) is 0 Å². The summed E-state index contributed by atoms with van der Waals surface area (Å²) in [7, 11) is 0. The van der Waals surface area contributed by atoms with Crippen molar-refractivity contribution in [3.63, 3.8) is 0 Å². The number of esters is 2. The smallest absolute Gasteiger partial charge is 0.339 e. The van der Waals surface area contributed by atoms with Crippen molar-refractivity contribution in [3.8, 4) is 0 Å². The summed E-state index contributed by atoms with van der Waals surface area (Å²) < 4.78 is 9.88. The zero-order valence-corrected chi connectivity index (χ0v) is 12.3. The predicted molar refractivity (Wildman–Crippen MR) is 74.6 cm³/mol. The molecule has 0 atom stereocenters. The number of aliphatic carboxylic acids is 1. The Labute approximate surface area is 124 Å². The van der Waals surface area contributed by atoms with Gasteiger partial charge in [0.1, 0.15) is 6.61 Å². The Morgan fingerprint density at radius 2 is 1.62 bits per heavy atom. The van der Waals surface area contributed by atoms with Crippen LogP contribution in [0.25, 0.3) is 0 Å². The Hall–Kier alpha value is -1.43. The number of carboxylic acid groups (broad SMARTS) is 1. The molecule has 0 heterocycles. The molecule has 0 unspecified atom stereocenters. The fourth-order valence-electron chi connectivity index (χ4n) is 2.42. The van der Waals surface area contributed by atoms with Gasteiger partial charge in [-0.1, -0.05) is 19.3 Å². The minimum Gasteiger partial charge on any atom is -0.481 e. The van der Waals surface area contributed by atoms with Crippen molar-refractivity contribution < 1.29 is 29.0 Å². The molecule has 0 bridgehead atoms. The molecule has 0 aromatic carbocycles. The molecule has 0 aromatic rings. The van der Waals surface area contributed by atoms with E-state index in [2.05, 4.69) is 4.74 Å². The van der Waals surface area contributed by atoms with Crippen LogP contribution in [0.15, 0.2) is 0 Å². The Morgan fingerprint density at radius 3 is 2.29 bits per heavy atom. The molecule has 6 heteroatoms. The van der Waals surface area contributed by atoms with Gasteiger partial charge in [-0.05, 0) is 31.6 Å². The first-order valence-corrected chi connectivity index (χ1v) is 7.61. The minimum absolute atomic E-state index is 0.0196. The third-order valence-electron chi connectivity index (χ3n) is 3.55. The molecule has 0 aliphatic heterocycles. The monoisotopic (exact) mass is 300 g/mol. The molecule has 1 N–H and O–H groups in total. The van der Waals surface area contributed by atoms with Crippen LogP contribution in [0.1, 0.15) is 57.8 Å². The second-order valence-corrected chi connectivity index (χ2v) is 5.47. The second-order valence-electron chi connectivity index (χ2n) is 5.47. The molecular formula is C15H24O6. The van der Waals surface area contributed by atoms with Gasteiger partial charge in [-0.15, -0.1) is 0 Å². The van der Waals surface area contributed by atoms with Crippen LogP contribution >= 0.6 is 0 Å². The summed E-state index contributed by atoms with van der Waals surface area (Å²) in [5, 5.41) is 8.44. The van der Waals surface area contributed by atoms with Crippen molar-refractivity contribution in [1.29, 1.82) is 0 Å². The molecule has 120 valence electrons. The highest BCUT2D eigenvalue weighted by atomic mass is 16.6. The van der Waals surface area contributed by atoms with Crippen molar-refractivity contribution in [3.05, 3.63) is 0 Å².